The number of alkyl halides is 2. The van der Waals surface area contributed by atoms with Crippen molar-refractivity contribution < 1.29 is 18.3 Å². The summed E-state index contributed by atoms with van der Waals surface area (Å²) < 4.78 is 30.3. The highest BCUT2D eigenvalue weighted by Crippen LogP contribution is 2.31. The van der Waals surface area contributed by atoms with Crippen LogP contribution in [0.2, 0.25) is 10.0 Å². The lowest BCUT2D eigenvalue weighted by atomic mass is 10.2. The second-order valence-corrected chi connectivity index (χ2v) is 4.85. The zero-order valence-corrected chi connectivity index (χ0v) is 10.6. The molecule has 0 aromatic heterocycles. The first-order valence-corrected chi connectivity index (χ1v) is 5.91. The molecule has 1 unspecified atom stereocenters. The van der Waals surface area contributed by atoms with E-state index >= 15 is 0 Å². The molecule has 0 radical (unpaired) electrons. The lowest BCUT2D eigenvalue weighted by Crippen LogP contribution is -2.22. The second-order valence-electron chi connectivity index (χ2n) is 3.97. The fraction of sp³-hybridized carbons (Fsp3) is 0.364. The number of hydrogen-bond donors (Lipinski definition) is 1. The molecule has 0 bridgehead atoms. The largest absolute Gasteiger partial charge is 0.456 e. The van der Waals surface area contributed by atoms with Gasteiger partial charge in [0.15, 0.2) is 0 Å². The Morgan fingerprint density at radius 1 is 1.33 bits per heavy atom. The number of anilines is 1. The molecule has 0 amide bonds. The fourth-order valence-electron chi connectivity index (χ4n) is 1.65. The Bertz CT molecular complexity index is 462. The van der Waals surface area contributed by atoms with E-state index in [1.807, 2.05) is 0 Å². The van der Waals surface area contributed by atoms with Crippen LogP contribution < -0.4 is 5.32 Å². The number of benzene rings is 1. The number of carbonyl (C=O) groups is 1. The molecule has 18 heavy (non-hydrogen) atoms. The molecule has 1 aliphatic heterocycles. The Hall–Kier alpha value is -1.07. The predicted molar refractivity (Wildman–Crippen MR) is 64.4 cm³/mol. The zero-order valence-electron chi connectivity index (χ0n) is 9.05. The van der Waals surface area contributed by atoms with Gasteiger partial charge in [-0.1, -0.05) is 23.2 Å². The second kappa shape index (κ2) is 4.90. The first kappa shape index (κ1) is 13.4. The molecule has 1 aliphatic rings. The Balaban J connectivity index is 1.95. The van der Waals surface area contributed by atoms with Crippen LogP contribution in [0.4, 0.5) is 14.5 Å². The highest BCUT2D eigenvalue weighted by atomic mass is 35.5. The van der Waals surface area contributed by atoms with Crippen molar-refractivity contribution in [3.8, 4) is 0 Å². The average molecular weight is 296 g/mol. The third-order valence-electron chi connectivity index (χ3n) is 2.45. The number of ether oxygens (including phenoxy) is 1. The lowest BCUT2D eigenvalue weighted by molar-refractivity contribution is -0.158. The summed E-state index contributed by atoms with van der Waals surface area (Å²) in [5, 5.41) is 3.71. The van der Waals surface area contributed by atoms with Crippen molar-refractivity contribution in [1.82, 2.24) is 0 Å². The summed E-state index contributed by atoms with van der Waals surface area (Å²) >= 11 is 11.6. The number of esters is 1. The third kappa shape index (κ3) is 3.03. The maximum atomic E-state index is 12.9. The summed E-state index contributed by atoms with van der Waals surface area (Å²) in [5.74, 6) is -4.86. The van der Waals surface area contributed by atoms with Crippen LogP contribution in [0.25, 0.3) is 0 Å². The fourth-order valence-corrected chi connectivity index (χ4v) is 2.18. The molecule has 7 heteroatoms. The van der Waals surface area contributed by atoms with Gasteiger partial charge in [0.1, 0.15) is 6.10 Å². The van der Waals surface area contributed by atoms with Crippen molar-refractivity contribution in [1.29, 1.82) is 0 Å². The van der Waals surface area contributed by atoms with Crippen molar-refractivity contribution in [3.63, 3.8) is 0 Å². The van der Waals surface area contributed by atoms with E-state index in [1.54, 1.807) is 18.2 Å². The number of halogens is 4. The first-order chi connectivity index (χ1) is 8.37. The van der Waals surface area contributed by atoms with Crippen LogP contribution in [0, 0.1) is 0 Å². The lowest BCUT2D eigenvalue weighted by Gasteiger charge is -2.11. The van der Waals surface area contributed by atoms with Gasteiger partial charge in [-0.2, -0.15) is 8.78 Å². The summed E-state index contributed by atoms with van der Waals surface area (Å²) in [6, 6.07) is 4.75. The molecule has 0 saturated carbocycles. The zero-order chi connectivity index (χ0) is 13.3. The molecule has 0 spiro atoms. The quantitative estimate of drug-likeness (QED) is 0.869. The molecule has 1 heterocycles. The van der Waals surface area contributed by atoms with Gasteiger partial charge in [0.25, 0.3) is 0 Å². The van der Waals surface area contributed by atoms with Gasteiger partial charge in [-0.25, -0.2) is 4.79 Å². The van der Waals surface area contributed by atoms with Gasteiger partial charge in [0.2, 0.25) is 0 Å². The highest BCUT2D eigenvalue weighted by Gasteiger charge is 2.50. The normalized spacial score (nSPS) is 21.8. The van der Waals surface area contributed by atoms with E-state index in [9.17, 15) is 13.6 Å². The summed E-state index contributed by atoms with van der Waals surface area (Å²) in [5.41, 5.74) is 0.582. The van der Waals surface area contributed by atoms with E-state index in [2.05, 4.69) is 10.1 Å². The van der Waals surface area contributed by atoms with Crippen LogP contribution >= 0.6 is 23.2 Å². The number of rotatable bonds is 3. The van der Waals surface area contributed by atoms with Crippen LogP contribution in [-0.4, -0.2) is 24.5 Å². The van der Waals surface area contributed by atoms with Crippen molar-refractivity contribution in [2.75, 3.05) is 11.9 Å². The van der Waals surface area contributed by atoms with E-state index in [0.29, 0.717) is 15.7 Å². The molecule has 2 rings (SSSR count). The van der Waals surface area contributed by atoms with Crippen LogP contribution in [0.3, 0.4) is 0 Å². The van der Waals surface area contributed by atoms with Gasteiger partial charge in [0.05, 0.1) is 13.0 Å². The molecule has 98 valence electrons. The van der Waals surface area contributed by atoms with Crippen molar-refractivity contribution >= 4 is 34.9 Å². The van der Waals surface area contributed by atoms with Crippen molar-refractivity contribution in [2.45, 2.75) is 18.4 Å². The van der Waals surface area contributed by atoms with E-state index in [0.717, 1.165) is 0 Å². The van der Waals surface area contributed by atoms with Gasteiger partial charge >= 0.3 is 11.9 Å². The Labute approximate surface area is 112 Å². The minimum atomic E-state index is -3.39. The van der Waals surface area contributed by atoms with E-state index in [1.165, 1.54) is 0 Å². The molecule has 3 nitrogen and oxygen atoms in total. The molecule has 1 saturated heterocycles. The van der Waals surface area contributed by atoms with Crippen LogP contribution in [0.15, 0.2) is 18.2 Å². The van der Waals surface area contributed by atoms with Crippen molar-refractivity contribution in [3.05, 3.63) is 28.2 Å². The van der Waals surface area contributed by atoms with Gasteiger partial charge in [-0.15, -0.1) is 0 Å². The van der Waals surface area contributed by atoms with E-state index in [-0.39, 0.29) is 6.54 Å². The summed E-state index contributed by atoms with van der Waals surface area (Å²) in [7, 11) is 0. The van der Waals surface area contributed by atoms with Crippen LogP contribution in [0.1, 0.15) is 6.42 Å². The molecule has 1 fully saturated rings. The topological polar surface area (TPSA) is 38.3 Å². The van der Waals surface area contributed by atoms with Gasteiger partial charge in [-0.3, -0.25) is 0 Å². The minimum Gasteiger partial charge on any atom is -0.456 e. The highest BCUT2D eigenvalue weighted by molar-refractivity contribution is 6.35. The Kier molecular flexibility index (Phi) is 3.64. The molecular weight excluding hydrogens is 287 g/mol. The van der Waals surface area contributed by atoms with Crippen LogP contribution in [-0.2, 0) is 9.53 Å². The average Bonchev–Trinajstić information content (AvgIpc) is 2.49. The first-order valence-electron chi connectivity index (χ1n) is 5.16. The molecule has 1 N–H and O–H groups in total. The third-order valence-corrected chi connectivity index (χ3v) is 2.89. The maximum absolute atomic E-state index is 12.9. The van der Waals surface area contributed by atoms with Gasteiger partial charge < -0.3 is 10.1 Å². The number of cyclic esters (lactones) is 1. The monoisotopic (exact) mass is 295 g/mol. The SMILES string of the molecule is O=C1OC(CNc2cc(Cl)cc(Cl)c2)CC1(F)F. The van der Waals surface area contributed by atoms with Crippen LogP contribution in [0.5, 0.6) is 0 Å². The number of carbonyl (C=O) groups excluding carboxylic acids is 1. The van der Waals surface area contributed by atoms with Crippen molar-refractivity contribution in [2.24, 2.45) is 0 Å². The molecule has 1 aromatic rings. The summed E-state index contributed by atoms with van der Waals surface area (Å²) in [4.78, 5) is 10.8. The standard InChI is InChI=1S/C11H9Cl2F2NO2/c12-6-1-7(13)3-8(2-6)16-5-9-4-11(14,15)10(17)18-9/h1-3,9,16H,4-5H2. The van der Waals surface area contributed by atoms with E-state index < -0.39 is 24.4 Å². The molecule has 1 atom stereocenters. The smallest absolute Gasteiger partial charge is 0.377 e. The minimum absolute atomic E-state index is 0.0814. The van der Waals surface area contributed by atoms with Gasteiger partial charge in [0, 0.05) is 15.7 Å². The van der Waals surface area contributed by atoms with Gasteiger partial charge in [-0.05, 0) is 18.2 Å². The molecule has 0 aliphatic carbocycles. The number of hydrogen-bond acceptors (Lipinski definition) is 3. The molecule has 1 aromatic carbocycles. The van der Waals surface area contributed by atoms with E-state index in [4.69, 9.17) is 23.2 Å². The predicted octanol–water partition coefficient (Wildman–Crippen LogP) is 3.36. The Morgan fingerprint density at radius 2 is 1.94 bits per heavy atom. The molecular formula is C11H9Cl2F2NO2. The summed E-state index contributed by atoms with van der Waals surface area (Å²) in [6.07, 6.45) is -1.47. The Morgan fingerprint density at radius 3 is 2.44 bits per heavy atom. The summed E-state index contributed by atoms with van der Waals surface area (Å²) in [6.45, 7) is 0.0814. The number of nitrogens with one attached hydrogen (secondary N) is 1. The maximum Gasteiger partial charge on any atom is 0.377 e.